The lowest BCUT2D eigenvalue weighted by Gasteiger charge is -2.23. The molecular formula is C13H18N4O2S. The first kappa shape index (κ1) is 14.7. The molecular weight excluding hydrogens is 276 g/mol. The predicted octanol–water partition coefficient (Wildman–Crippen LogP) is 0.654. The van der Waals surface area contributed by atoms with Crippen molar-refractivity contribution in [2.75, 3.05) is 13.6 Å². The molecule has 108 valence electrons. The summed E-state index contributed by atoms with van der Waals surface area (Å²) >= 11 is 1.43. The van der Waals surface area contributed by atoms with Crippen LogP contribution in [-0.2, 0) is 11.3 Å². The number of nitrogens with two attached hydrogens (primary N) is 1. The number of aromatic nitrogens is 2. The number of hydrogen-bond donors (Lipinski definition) is 1. The van der Waals surface area contributed by atoms with Gasteiger partial charge in [0.25, 0.3) is 5.56 Å². The standard InChI is InChI=1S/C13H18N4O2S/c1-9(7-14)16(2)11(18)3-5-17-8-15-12-10(13(17)19)4-6-20-12/h4,6,8-9H,3,5,7,14H2,1-2H3. The van der Waals surface area contributed by atoms with Gasteiger partial charge < -0.3 is 10.6 Å². The molecule has 20 heavy (non-hydrogen) atoms. The molecule has 0 aliphatic carbocycles. The van der Waals surface area contributed by atoms with Crippen LogP contribution in [0.4, 0.5) is 0 Å². The molecule has 2 N–H and O–H groups in total. The molecule has 2 rings (SSSR count). The van der Waals surface area contributed by atoms with Crippen molar-refractivity contribution in [1.29, 1.82) is 0 Å². The van der Waals surface area contributed by atoms with Crippen LogP contribution in [-0.4, -0.2) is 40.0 Å². The van der Waals surface area contributed by atoms with Gasteiger partial charge in [0.15, 0.2) is 0 Å². The molecule has 0 radical (unpaired) electrons. The molecule has 1 amide bonds. The van der Waals surface area contributed by atoms with E-state index in [1.807, 2.05) is 12.3 Å². The highest BCUT2D eigenvalue weighted by Crippen LogP contribution is 2.13. The first-order valence-corrected chi connectivity index (χ1v) is 7.31. The molecule has 0 aromatic carbocycles. The molecule has 0 aliphatic heterocycles. The van der Waals surface area contributed by atoms with E-state index in [1.165, 1.54) is 22.2 Å². The van der Waals surface area contributed by atoms with Crippen molar-refractivity contribution in [3.8, 4) is 0 Å². The van der Waals surface area contributed by atoms with Crippen molar-refractivity contribution < 1.29 is 4.79 Å². The van der Waals surface area contributed by atoms with Gasteiger partial charge in [-0.1, -0.05) is 0 Å². The Morgan fingerprint density at radius 3 is 3.05 bits per heavy atom. The zero-order valence-corrected chi connectivity index (χ0v) is 12.4. The van der Waals surface area contributed by atoms with Crippen LogP contribution < -0.4 is 11.3 Å². The lowest BCUT2D eigenvalue weighted by atomic mass is 10.2. The van der Waals surface area contributed by atoms with Crippen LogP contribution in [0.3, 0.4) is 0 Å². The molecule has 0 fully saturated rings. The van der Waals surface area contributed by atoms with E-state index in [4.69, 9.17) is 5.73 Å². The van der Waals surface area contributed by atoms with Crippen molar-refractivity contribution in [3.63, 3.8) is 0 Å². The van der Waals surface area contributed by atoms with Gasteiger partial charge in [0, 0.05) is 32.6 Å². The molecule has 1 atom stereocenters. The van der Waals surface area contributed by atoms with Gasteiger partial charge in [0.05, 0.1) is 11.7 Å². The summed E-state index contributed by atoms with van der Waals surface area (Å²) in [5.74, 6) is -0.0275. The maximum Gasteiger partial charge on any atom is 0.262 e. The monoisotopic (exact) mass is 294 g/mol. The topological polar surface area (TPSA) is 81.2 Å². The molecule has 0 saturated carbocycles. The quantitative estimate of drug-likeness (QED) is 0.878. The Labute approximate surface area is 120 Å². The highest BCUT2D eigenvalue weighted by molar-refractivity contribution is 7.16. The second-order valence-electron chi connectivity index (χ2n) is 4.72. The Hall–Kier alpha value is -1.73. The summed E-state index contributed by atoms with van der Waals surface area (Å²) < 4.78 is 1.48. The largest absolute Gasteiger partial charge is 0.342 e. The van der Waals surface area contributed by atoms with E-state index in [-0.39, 0.29) is 23.9 Å². The fourth-order valence-electron chi connectivity index (χ4n) is 1.85. The molecule has 1 unspecified atom stereocenters. The van der Waals surface area contributed by atoms with Crippen LogP contribution in [0.2, 0.25) is 0 Å². The summed E-state index contributed by atoms with van der Waals surface area (Å²) in [6, 6.07) is 1.76. The normalized spacial score (nSPS) is 12.6. The molecule has 0 saturated heterocycles. The van der Waals surface area contributed by atoms with Gasteiger partial charge in [0.2, 0.25) is 5.91 Å². The van der Waals surface area contributed by atoms with E-state index in [0.717, 1.165) is 4.83 Å². The fraction of sp³-hybridized carbons (Fsp3) is 0.462. The average Bonchev–Trinajstić information content (AvgIpc) is 2.94. The second-order valence-corrected chi connectivity index (χ2v) is 5.62. The first-order chi connectivity index (χ1) is 9.54. The van der Waals surface area contributed by atoms with Gasteiger partial charge >= 0.3 is 0 Å². The molecule has 2 aromatic rings. The van der Waals surface area contributed by atoms with E-state index >= 15 is 0 Å². The number of nitrogens with zero attached hydrogens (tertiary/aromatic N) is 3. The Balaban J connectivity index is 2.08. The van der Waals surface area contributed by atoms with Crippen molar-refractivity contribution in [3.05, 3.63) is 28.1 Å². The highest BCUT2D eigenvalue weighted by Gasteiger charge is 2.14. The number of carbonyl (C=O) groups excluding carboxylic acids is 1. The van der Waals surface area contributed by atoms with Gasteiger partial charge in [-0.2, -0.15) is 0 Å². The minimum atomic E-state index is -0.0985. The predicted molar refractivity (Wildman–Crippen MR) is 79.8 cm³/mol. The summed E-state index contributed by atoms with van der Waals surface area (Å²) in [7, 11) is 1.73. The van der Waals surface area contributed by atoms with E-state index in [2.05, 4.69) is 4.98 Å². The zero-order valence-electron chi connectivity index (χ0n) is 11.6. The summed E-state index contributed by atoms with van der Waals surface area (Å²) in [5, 5.41) is 2.44. The average molecular weight is 294 g/mol. The van der Waals surface area contributed by atoms with E-state index in [0.29, 0.717) is 18.5 Å². The van der Waals surface area contributed by atoms with E-state index < -0.39 is 0 Å². The number of rotatable bonds is 5. The molecule has 0 spiro atoms. The third kappa shape index (κ3) is 2.88. The van der Waals surface area contributed by atoms with Gasteiger partial charge in [0.1, 0.15) is 4.83 Å². The van der Waals surface area contributed by atoms with Crippen LogP contribution in [0.5, 0.6) is 0 Å². The van der Waals surface area contributed by atoms with Crippen molar-refractivity contribution >= 4 is 27.5 Å². The first-order valence-electron chi connectivity index (χ1n) is 6.43. The number of fused-ring (bicyclic) bond motifs is 1. The van der Waals surface area contributed by atoms with Crippen LogP contribution in [0.1, 0.15) is 13.3 Å². The molecule has 6 nitrogen and oxygen atoms in total. The zero-order chi connectivity index (χ0) is 14.7. The second kappa shape index (κ2) is 6.15. The Morgan fingerprint density at radius 1 is 1.60 bits per heavy atom. The number of amides is 1. The number of thiophene rings is 1. The van der Waals surface area contributed by atoms with Gasteiger partial charge in [-0.3, -0.25) is 14.2 Å². The van der Waals surface area contributed by atoms with Crippen molar-refractivity contribution in [2.45, 2.75) is 25.9 Å². The summed E-state index contributed by atoms with van der Waals surface area (Å²) in [4.78, 5) is 30.7. The van der Waals surface area contributed by atoms with Gasteiger partial charge in [-0.15, -0.1) is 11.3 Å². The third-order valence-corrected chi connectivity index (χ3v) is 4.23. The highest BCUT2D eigenvalue weighted by atomic mass is 32.1. The maximum absolute atomic E-state index is 12.1. The van der Waals surface area contributed by atoms with Crippen LogP contribution in [0.15, 0.2) is 22.6 Å². The minimum Gasteiger partial charge on any atom is -0.342 e. The van der Waals surface area contributed by atoms with Crippen molar-refractivity contribution in [1.82, 2.24) is 14.5 Å². The fourth-order valence-corrected chi connectivity index (χ4v) is 2.57. The minimum absolute atomic E-state index is 0.00305. The maximum atomic E-state index is 12.1. The number of hydrogen-bond acceptors (Lipinski definition) is 5. The number of aryl methyl sites for hydroxylation is 1. The van der Waals surface area contributed by atoms with Crippen LogP contribution >= 0.6 is 11.3 Å². The molecule has 0 aliphatic rings. The van der Waals surface area contributed by atoms with Gasteiger partial charge in [-0.25, -0.2) is 4.98 Å². The molecule has 0 bridgehead atoms. The molecule has 2 heterocycles. The van der Waals surface area contributed by atoms with E-state index in [9.17, 15) is 9.59 Å². The molecule has 7 heteroatoms. The van der Waals surface area contributed by atoms with Crippen LogP contribution in [0, 0.1) is 0 Å². The lowest BCUT2D eigenvalue weighted by molar-refractivity contribution is -0.131. The SMILES string of the molecule is CC(CN)N(C)C(=O)CCn1cnc2sccc2c1=O. The molecule has 2 aromatic heterocycles. The Kier molecular flexibility index (Phi) is 4.51. The Bertz CT molecular complexity index is 664. The van der Waals surface area contributed by atoms with E-state index in [1.54, 1.807) is 18.0 Å². The summed E-state index contributed by atoms with van der Waals surface area (Å²) in [5.41, 5.74) is 5.44. The lowest BCUT2D eigenvalue weighted by Crippen LogP contribution is -2.40. The summed E-state index contributed by atoms with van der Waals surface area (Å²) in [6.07, 6.45) is 1.76. The third-order valence-electron chi connectivity index (χ3n) is 3.41. The summed E-state index contributed by atoms with van der Waals surface area (Å²) in [6.45, 7) is 2.64. The smallest absolute Gasteiger partial charge is 0.262 e. The van der Waals surface area contributed by atoms with Gasteiger partial charge in [-0.05, 0) is 18.4 Å². The number of likely N-dealkylation sites (N-methyl/N-ethyl adjacent to an activating group) is 1. The van der Waals surface area contributed by atoms with Crippen molar-refractivity contribution in [2.24, 2.45) is 5.73 Å². The number of carbonyl (C=O) groups is 1. The Morgan fingerprint density at radius 2 is 2.35 bits per heavy atom. The van der Waals surface area contributed by atoms with Crippen LogP contribution in [0.25, 0.3) is 10.2 Å².